The lowest BCUT2D eigenvalue weighted by atomic mass is 10.1. The van der Waals surface area contributed by atoms with E-state index < -0.39 is 0 Å². The molecular formula is C22H26N6O2. The van der Waals surface area contributed by atoms with Gasteiger partial charge in [-0.3, -0.25) is 10.1 Å². The molecule has 1 saturated heterocycles. The topological polar surface area (TPSA) is 96.2 Å². The lowest BCUT2D eigenvalue weighted by Crippen LogP contribution is -2.29. The number of hydrogen-bond acceptors (Lipinski definition) is 7. The van der Waals surface area contributed by atoms with Crippen LogP contribution in [0, 0.1) is 10.1 Å². The third-order valence-corrected chi connectivity index (χ3v) is 5.43. The molecule has 1 aliphatic rings. The van der Waals surface area contributed by atoms with Gasteiger partial charge in [0.25, 0.3) is 5.69 Å². The van der Waals surface area contributed by atoms with E-state index in [1.54, 1.807) is 6.07 Å². The molecule has 1 fully saturated rings. The molecule has 2 aromatic carbocycles. The molecule has 8 nitrogen and oxygen atoms in total. The lowest BCUT2D eigenvalue weighted by molar-refractivity contribution is -0.383. The molecule has 2 heterocycles. The van der Waals surface area contributed by atoms with Crippen molar-refractivity contribution < 1.29 is 4.92 Å². The Morgan fingerprint density at radius 3 is 2.53 bits per heavy atom. The number of rotatable bonds is 7. The minimum atomic E-state index is -0.381. The van der Waals surface area contributed by atoms with E-state index in [2.05, 4.69) is 49.8 Å². The molecule has 0 bridgehead atoms. The fourth-order valence-electron chi connectivity index (χ4n) is 3.88. The van der Waals surface area contributed by atoms with Gasteiger partial charge in [-0.15, -0.1) is 0 Å². The highest BCUT2D eigenvalue weighted by atomic mass is 16.6. The maximum atomic E-state index is 11.5. The predicted molar refractivity (Wildman–Crippen MR) is 120 cm³/mol. The van der Waals surface area contributed by atoms with Crippen LogP contribution in [0.2, 0.25) is 0 Å². The van der Waals surface area contributed by atoms with E-state index >= 15 is 0 Å². The quantitative estimate of drug-likeness (QED) is 0.438. The highest BCUT2D eigenvalue weighted by molar-refractivity contribution is 5.94. The Morgan fingerprint density at radius 2 is 1.83 bits per heavy atom. The van der Waals surface area contributed by atoms with Crippen LogP contribution in [0.4, 0.5) is 22.9 Å². The summed E-state index contributed by atoms with van der Waals surface area (Å²) < 4.78 is 0. The zero-order chi connectivity index (χ0) is 20.9. The van der Waals surface area contributed by atoms with Crippen LogP contribution in [-0.2, 0) is 6.54 Å². The Kier molecular flexibility index (Phi) is 5.92. The lowest BCUT2D eigenvalue weighted by Gasteiger charge is -2.28. The van der Waals surface area contributed by atoms with Gasteiger partial charge in [0, 0.05) is 43.3 Å². The Labute approximate surface area is 175 Å². The van der Waals surface area contributed by atoms with Crippen molar-refractivity contribution >= 4 is 33.8 Å². The minimum absolute atomic E-state index is 0.0214. The van der Waals surface area contributed by atoms with Crippen molar-refractivity contribution in [1.29, 1.82) is 0 Å². The molecule has 0 unspecified atom stereocenters. The van der Waals surface area contributed by atoms with E-state index in [-0.39, 0.29) is 10.6 Å². The van der Waals surface area contributed by atoms with Crippen molar-refractivity contribution in [2.45, 2.75) is 32.7 Å². The number of nitrogens with one attached hydrogen (secondary N) is 2. The molecule has 8 heteroatoms. The summed E-state index contributed by atoms with van der Waals surface area (Å²) in [6, 6.07) is 11.8. The van der Waals surface area contributed by atoms with Crippen molar-refractivity contribution in [1.82, 2.24) is 9.97 Å². The van der Waals surface area contributed by atoms with E-state index in [1.807, 2.05) is 6.92 Å². The first-order valence-electron chi connectivity index (χ1n) is 10.4. The summed E-state index contributed by atoms with van der Waals surface area (Å²) in [5, 5.41) is 18.5. The number of hydrogen-bond donors (Lipinski definition) is 2. The van der Waals surface area contributed by atoms with Crippen LogP contribution in [0.5, 0.6) is 0 Å². The summed E-state index contributed by atoms with van der Waals surface area (Å²) in [6.07, 6.45) is 5.31. The second-order valence-electron chi connectivity index (χ2n) is 7.46. The zero-order valence-corrected chi connectivity index (χ0v) is 17.1. The monoisotopic (exact) mass is 406 g/mol. The van der Waals surface area contributed by atoms with Crippen LogP contribution in [0.25, 0.3) is 10.9 Å². The molecule has 0 aliphatic carbocycles. The van der Waals surface area contributed by atoms with Crippen molar-refractivity contribution in [3.63, 3.8) is 0 Å². The minimum Gasteiger partial charge on any atom is -0.380 e. The van der Waals surface area contributed by atoms with Crippen LogP contribution in [0.15, 0.2) is 42.7 Å². The second-order valence-corrected chi connectivity index (χ2v) is 7.46. The van der Waals surface area contributed by atoms with Crippen LogP contribution < -0.4 is 15.5 Å². The third-order valence-electron chi connectivity index (χ3n) is 5.43. The van der Waals surface area contributed by atoms with Gasteiger partial charge in [-0.25, -0.2) is 9.97 Å². The molecule has 0 atom stereocenters. The Bertz CT molecular complexity index is 1030. The van der Waals surface area contributed by atoms with E-state index in [9.17, 15) is 10.1 Å². The number of anilines is 3. The first-order chi connectivity index (χ1) is 14.7. The molecule has 0 saturated carbocycles. The highest BCUT2D eigenvalue weighted by Crippen LogP contribution is 2.32. The smallest absolute Gasteiger partial charge is 0.293 e. The van der Waals surface area contributed by atoms with Gasteiger partial charge in [0.2, 0.25) is 0 Å². The number of nitrogens with zero attached hydrogens (tertiary/aromatic N) is 4. The summed E-state index contributed by atoms with van der Waals surface area (Å²) in [6.45, 7) is 5.32. The molecule has 0 radical (unpaired) electrons. The summed E-state index contributed by atoms with van der Waals surface area (Å²) in [7, 11) is 0. The van der Waals surface area contributed by atoms with Crippen molar-refractivity contribution in [3.05, 3.63) is 58.4 Å². The normalized spacial score (nSPS) is 14.0. The van der Waals surface area contributed by atoms with Gasteiger partial charge >= 0.3 is 0 Å². The predicted octanol–water partition coefficient (Wildman–Crippen LogP) is 4.57. The number of piperidine rings is 1. The number of aromatic nitrogens is 2. The van der Waals surface area contributed by atoms with E-state index in [0.29, 0.717) is 35.5 Å². The molecule has 0 amide bonds. The van der Waals surface area contributed by atoms with Gasteiger partial charge in [0.1, 0.15) is 17.8 Å². The van der Waals surface area contributed by atoms with Gasteiger partial charge in [-0.2, -0.15) is 0 Å². The standard InChI is InChI=1S/C22H26N6O2/c1-2-23-20-13-19-18(12-21(20)28(29)30)22(26-15-25-19)24-14-16-6-8-17(9-7-16)27-10-4-3-5-11-27/h6-9,12-13,15,23H,2-5,10-11,14H2,1H3,(H,24,25,26). The average Bonchev–Trinajstić information content (AvgIpc) is 2.78. The van der Waals surface area contributed by atoms with Gasteiger partial charge in [-0.1, -0.05) is 12.1 Å². The Balaban J connectivity index is 1.53. The van der Waals surface area contributed by atoms with Gasteiger partial charge in [0.05, 0.1) is 10.4 Å². The molecule has 2 N–H and O–H groups in total. The van der Waals surface area contributed by atoms with Crippen molar-refractivity contribution in [3.8, 4) is 0 Å². The van der Waals surface area contributed by atoms with Crippen molar-refractivity contribution in [2.24, 2.45) is 0 Å². The molecule has 1 aliphatic heterocycles. The fraction of sp³-hybridized carbons (Fsp3) is 0.364. The molecule has 0 spiro atoms. The fourth-order valence-corrected chi connectivity index (χ4v) is 3.88. The van der Waals surface area contributed by atoms with Gasteiger partial charge in [-0.05, 0) is 49.9 Å². The Hall–Kier alpha value is -3.42. The maximum absolute atomic E-state index is 11.5. The molecule has 3 aromatic rings. The van der Waals surface area contributed by atoms with E-state index in [1.165, 1.54) is 37.3 Å². The summed E-state index contributed by atoms with van der Waals surface area (Å²) in [5.41, 5.74) is 3.54. The largest absolute Gasteiger partial charge is 0.380 e. The van der Waals surface area contributed by atoms with Crippen LogP contribution in [0.3, 0.4) is 0 Å². The molecule has 156 valence electrons. The molecule has 1 aromatic heterocycles. The van der Waals surface area contributed by atoms with Gasteiger partial charge in [0.15, 0.2) is 0 Å². The van der Waals surface area contributed by atoms with Crippen LogP contribution in [-0.4, -0.2) is 34.5 Å². The second kappa shape index (κ2) is 8.94. The van der Waals surface area contributed by atoms with E-state index in [0.717, 1.165) is 18.7 Å². The van der Waals surface area contributed by atoms with Crippen molar-refractivity contribution in [2.75, 3.05) is 35.2 Å². The number of nitro groups is 1. The van der Waals surface area contributed by atoms with Gasteiger partial charge < -0.3 is 15.5 Å². The average molecular weight is 406 g/mol. The summed E-state index contributed by atoms with van der Waals surface area (Å²) >= 11 is 0. The zero-order valence-electron chi connectivity index (χ0n) is 17.1. The van der Waals surface area contributed by atoms with Crippen LogP contribution >= 0.6 is 0 Å². The molecule has 30 heavy (non-hydrogen) atoms. The molecule has 4 rings (SSSR count). The number of benzene rings is 2. The number of fused-ring (bicyclic) bond motifs is 1. The third kappa shape index (κ3) is 4.27. The first kappa shape index (κ1) is 19.9. The Morgan fingerprint density at radius 1 is 1.07 bits per heavy atom. The summed E-state index contributed by atoms with van der Waals surface area (Å²) in [4.78, 5) is 22.1. The SMILES string of the molecule is CCNc1cc2ncnc(NCc3ccc(N4CCCCC4)cc3)c2cc1[N+](=O)[O-]. The van der Waals surface area contributed by atoms with E-state index in [4.69, 9.17) is 0 Å². The number of nitro benzene ring substituents is 1. The highest BCUT2D eigenvalue weighted by Gasteiger charge is 2.17. The molecular weight excluding hydrogens is 380 g/mol. The first-order valence-corrected chi connectivity index (χ1v) is 10.4. The van der Waals surface area contributed by atoms with Crippen LogP contribution in [0.1, 0.15) is 31.7 Å². The summed E-state index contributed by atoms with van der Waals surface area (Å²) in [5.74, 6) is 0.589. The maximum Gasteiger partial charge on any atom is 0.293 e.